The molecule has 0 amide bonds. The first-order chi connectivity index (χ1) is 12.8. The van der Waals surface area contributed by atoms with Gasteiger partial charge < -0.3 is 18.9 Å². The van der Waals surface area contributed by atoms with Crippen molar-refractivity contribution >= 4 is 35.0 Å². The van der Waals surface area contributed by atoms with Crippen molar-refractivity contribution in [2.75, 3.05) is 20.8 Å². The minimum atomic E-state index is -0.957. The molecule has 2 rings (SSSR count). The smallest absolute Gasteiger partial charge is 0.347 e. The molecule has 0 bridgehead atoms. The number of hydrogen-bond donors (Lipinski definition) is 0. The zero-order chi connectivity index (χ0) is 20.0. The molecule has 2 aromatic rings. The van der Waals surface area contributed by atoms with Crippen LogP contribution in [-0.2, 0) is 9.53 Å². The number of carbonyl (C=O) groups excluding carboxylic acids is 2. The highest BCUT2D eigenvalue weighted by atomic mass is 35.5. The Morgan fingerprint density at radius 2 is 1.63 bits per heavy atom. The molecule has 0 heterocycles. The lowest BCUT2D eigenvalue weighted by Gasteiger charge is -2.15. The van der Waals surface area contributed by atoms with Crippen molar-refractivity contribution in [1.29, 1.82) is 0 Å². The van der Waals surface area contributed by atoms with Gasteiger partial charge in [-0.1, -0.05) is 23.2 Å². The van der Waals surface area contributed by atoms with Crippen molar-refractivity contribution in [2.24, 2.45) is 0 Å². The molecule has 0 aliphatic carbocycles. The molecular formula is C19H18Cl2O6. The predicted octanol–water partition coefficient (Wildman–Crippen LogP) is 4.20. The second kappa shape index (κ2) is 9.48. The van der Waals surface area contributed by atoms with Gasteiger partial charge in [0.05, 0.1) is 19.2 Å². The first kappa shape index (κ1) is 20.9. The van der Waals surface area contributed by atoms with Crippen LogP contribution in [0.2, 0.25) is 10.0 Å². The molecule has 0 N–H and O–H groups in total. The molecule has 0 aliphatic heterocycles. The van der Waals surface area contributed by atoms with Gasteiger partial charge in [0, 0.05) is 10.6 Å². The van der Waals surface area contributed by atoms with Crippen molar-refractivity contribution in [2.45, 2.75) is 13.0 Å². The fourth-order valence-corrected chi connectivity index (χ4v) is 2.61. The van der Waals surface area contributed by atoms with Gasteiger partial charge in [0.15, 0.2) is 30.0 Å². The Morgan fingerprint density at radius 3 is 2.26 bits per heavy atom. The van der Waals surface area contributed by atoms with Gasteiger partial charge in [-0.2, -0.15) is 0 Å². The Hall–Kier alpha value is -2.44. The molecular weight excluding hydrogens is 395 g/mol. The third kappa shape index (κ3) is 5.52. The van der Waals surface area contributed by atoms with E-state index in [2.05, 4.69) is 0 Å². The number of methoxy groups -OCH3 is 2. The number of esters is 1. The number of benzene rings is 2. The third-order valence-corrected chi connectivity index (χ3v) is 4.11. The van der Waals surface area contributed by atoms with Crippen molar-refractivity contribution in [1.82, 2.24) is 0 Å². The summed E-state index contributed by atoms with van der Waals surface area (Å²) in [6.07, 6.45) is -0.957. The summed E-state index contributed by atoms with van der Waals surface area (Å²) in [6.45, 7) is 1.06. The number of halogens is 2. The SMILES string of the molecule is COc1ccc(C(=O)COC(=O)[C@H](C)Oc2ccc(Cl)cc2Cl)cc1OC. The van der Waals surface area contributed by atoms with Gasteiger partial charge in [-0.15, -0.1) is 0 Å². The van der Waals surface area contributed by atoms with E-state index in [1.807, 2.05) is 0 Å². The number of hydrogen-bond acceptors (Lipinski definition) is 6. The predicted molar refractivity (Wildman–Crippen MR) is 101 cm³/mol. The van der Waals surface area contributed by atoms with Crippen LogP contribution in [0.1, 0.15) is 17.3 Å². The highest BCUT2D eigenvalue weighted by Gasteiger charge is 2.20. The van der Waals surface area contributed by atoms with Gasteiger partial charge in [-0.05, 0) is 43.3 Å². The Balaban J connectivity index is 1.95. The first-order valence-electron chi connectivity index (χ1n) is 7.89. The molecule has 6 nitrogen and oxygen atoms in total. The standard InChI is InChI=1S/C19H18Cl2O6/c1-11(27-16-7-5-13(20)9-14(16)21)19(23)26-10-15(22)12-4-6-17(24-2)18(8-12)25-3/h4-9,11H,10H2,1-3H3/t11-/m0/s1. The lowest BCUT2D eigenvalue weighted by atomic mass is 10.1. The Kier molecular flexibility index (Phi) is 7.33. The van der Waals surface area contributed by atoms with E-state index in [1.165, 1.54) is 33.3 Å². The molecule has 27 heavy (non-hydrogen) atoms. The van der Waals surface area contributed by atoms with Crippen LogP contribution < -0.4 is 14.2 Å². The Morgan fingerprint density at radius 1 is 0.963 bits per heavy atom. The Bertz CT molecular complexity index is 837. The monoisotopic (exact) mass is 412 g/mol. The first-order valence-corrected chi connectivity index (χ1v) is 8.65. The maximum absolute atomic E-state index is 12.2. The van der Waals surface area contributed by atoms with E-state index in [0.717, 1.165) is 0 Å². The number of ether oxygens (including phenoxy) is 4. The summed E-state index contributed by atoms with van der Waals surface area (Å²) in [6, 6.07) is 9.30. The largest absolute Gasteiger partial charge is 0.493 e. The summed E-state index contributed by atoms with van der Waals surface area (Å²) in [4.78, 5) is 24.3. The van der Waals surface area contributed by atoms with E-state index < -0.39 is 18.7 Å². The van der Waals surface area contributed by atoms with Crippen LogP contribution in [0, 0.1) is 0 Å². The average Bonchev–Trinajstić information content (AvgIpc) is 2.67. The number of ketones is 1. The second-order valence-electron chi connectivity index (χ2n) is 5.44. The van der Waals surface area contributed by atoms with Crippen LogP contribution in [0.25, 0.3) is 0 Å². The van der Waals surface area contributed by atoms with E-state index in [-0.39, 0.29) is 16.6 Å². The lowest BCUT2D eigenvalue weighted by molar-refractivity contribution is -0.149. The van der Waals surface area contributed by atoms with Crippen LogP contribution in [0.4, 0.5) is 0 Å². The van der Waals surface area contributed by atoms with Crippen LogP contribution in [-0.4, -0.2) is 38.7 Å². The molecule has 0 spiro atoms. The van der Waals surface area contributed by atoms with Gasteiger partial charge >= 0.3 is 5.97 Å². The zero-order valence-corrected chi connectivity index (χ0v) is 16.5. The summed E-state index contributed by atoms with van der Waals surface area (Å²) in [5, 5.41) is 0.714. The summed E-state index contributed by atoms with van der Waals surface area (Å²) in [5.74, 6) is 0.101. The normalized spacial score (nSPS) is 11.4. The molecule has 0 saturated carbocycles. The number of carbonyl (C=O) groups is 2. The van der Waals surface area contributed by atoms with Gasteiger partial charge in [0.2, 0.25) is 0 Å². The lowest BCUT2D eigenvalue weighted by Crippen LogP contribution is -2.28. The molecule has 0 aliphatic rings. The highest BCUT2D eigenvalue weighted by molar-refractivity contribution is 6.35. The minimum absolute atomic E-state index is 0.267. The summed E-state index contributed by atoms with van der Waals surface area (Å²) in [5.41, 5.74) is 0.328. The van der Waals surface area contributed by atoms with Crippen molar-refractivity contribution in [3.63, 3.8) is 0 Å². The summed E-state index contributed by atoms with van der Waals surface area (Å²) in [7, 11) is 2.96. The molecule has 0 aromatic heterocycles. The van der Waals surface area contributed by atoms with Gasteiger partial charge in [-0.25, -0.2) is 4.79 Å². The van der Waals surface area contributed by atoms with Crippen molar-refractivity contribution in [3.8, 4) is 17.2 Å². The van der Waals surface area contributed by atoms with Crippen molar-refractivity contribution < 1.29 is 28.5 Å². The summed E-state index contributed by atoms with van der Waals surface area (Å²) < 4.78 is 20.8. The number of Topliss-reactive ketones (excluding diaryl/α,β-unsaturated/α-hetero) is 1. The zero-order valence-electron chi connectivity index (χ0n) is 15.0. The molecule has 0 radical (unpaired) electrons. The molecule has 1 atom stereocenters. The van der Waals surface area contributed by atoms with Gasteiger partial charge in [-0.3, -0.25) is 4.79 Å². The molecule has 0 fully saturated rings. The Labute approximate surface area is 166 Å². The minimum Gasteiger partial charge on any atom is -0.493 e. The van der Waals surface area contributed by atoms with E-state index >= 15 is 0 Å². The van der Waals surface area contributed by atoms with Crippen LogP contribution in [0.5, 0.6) is 17.2 Å². The number of rotatable bonds is 8. The van der Waals surface area contributed by atoms with Crippen LogP contribution in [0.15, 0.2) is 36.4 Å². The van der Waals surface area contributed by atoms with Crippen LogP contribution >= 0.6 is 23.2 Å². The van der Waals surface area contributed by atoms with Gasteiger partial charge in [0.25, 0.3) is 0 Å². The van der Waals surface area contributed by atoms with E-state index in [1.54, 1.807) is 24.3 Å². The molecule has 144 valence electrons. The van der Waals surface area contributed by atoms with E-state index in [0.29, 0.717) is 22.1 Å². The van der Waals surface area contributed by atoms with Crippen LogP contribution in [0.3, 0.4) is 0 Å². The maximum Gasteiger partial charge on any atom is 0.347 e. The average molecular weight is 413 g/mol. The summed E-state index contributed by atoms with van der Waals surface area (Å²) >= 11 is 11.8. The fraction of sp³-hybridized carbons (Fsp3) is 0.263. The molecule has 0 unspecified atom stereocenters. The molecule has 0 saturated heterocycles. The third-order valence-electron chi connectivity index (χ3n) is 3.58. The van der Waals surface area contributed by atoms with Crippen molar-refractivity contribution in [3.05, 3.63) is 52.0 Å². The fourth-order valence-electron chi connectivity index (χ4n) is 2.16. The van der Waals surface area contributed by atoms with E-state index in [9.17, 15) is 9.59 Å². The maximum atomic E-state index is 12.2. The van der Waals surface area contributed by atoms with Gasteiger partial charge in [0.1, 0.15) is 5.75 Å². The topological polar surface area (TPSA) is 71.1 Å². The van der Waals surface area contributed by atoms with E-state index in [4.69, 9.17) is 42.1 Å². The highest BCUT2D eigenvalue weighted by Crippen LogP contribution is 2.29. The quantitative estimate of drug-likeness (QED) is 0.477. The molecule has 2 aromatic carbocycles. The second-order valence-corrected chi connectivity index (χ2v) is 6.28. The molecule has 8 heteroatoms.